The molecule has 2 fully saturated rings. The van der Waals surface area contributed by atoms with Crippen molar-refractivity contribution in [2.75, 3.05) is 20.2 Å². The number of ether oxygens (including phenoxy) is 1. The highest BCUT2D eigenvalue weighted by atomic mass is 16.5. The molecule has 4 unspecified atom stereocenters. The van der Waals surface area contributed by atoms with Crippen LogP contribution < -0.4 is 5.32 Å². The predicted octanol–water partition coefficient (Wildman–Crippen LogP) is 2.65. The lowest BCUT2D eigenvalue weighted by Crippen LogP contribution is -2.59. The van der Waals surface area contributed by atoms with Gasteiger partial charge in [-0.2, -0.15) is 0 Å². The van der Waals surface area contributed by atoms with E-state index in [1.807, 2.05) is 7.11 Å². The van der Waals surface area contributed by atoms with Crippen molar-refractivity contribution >= 4 is 0 Å². The first-order valence-electron chi connectivity index (χ1n) is 8.15. The number of hydrogen-bond donors (Lipinski definition) is 1. The highest BCUT2D eigenvalue weighted by Gasteiger charge is 2.36. The number of rotatable bonds is 5. The molecule has 1 N–H and O–H groups in total. The Balaban J connectivity index is 1.94. The van der Waals surface area contributed by atoms with Crippen molar-refractivity contribution in [1.29, 1.82) is 0 Å². The standard InChI is InChI=1S/C16H32N2O/c1-5-14-10-17-13(8-12(2)3)11-18(14)15-6-7-16(9-15)19-4/h12-17H,5-11H2,1-4H3. The largest absolute Gasteiger partial charge is 0.381 e. The molecule has 1 saturated carbocycles. The summed E-state index contributed by atoms with van der Waals surface area (Å²) in [5, 5.41) is 3.76. The monoisotopic (exact) mass is 268 g/mol. The number of methoxy groups -OCH3 is 1. The Morgan fingerprint density at radius 2 is 2.11 bits per heavy atom. The Bertz CT molecular complexity index is 269. The molecule has 0 amide bonds. The number of nitrogens with one attached hydrogen (secondary N) is 1. The van der Waals surface area contributed by atoms with Gasteiger partial charge >= 0.3 is 0 Å². The van der Waals surface area contributed by atoms with Crippen LogP contribution in [0.15, 0.2) is 0 Å². The highest BCUT2D eigenvalue weighted by molar-refractivity contribution is 4.93. The van der Waals surface area contributed by atoms with Crippen LogP contribution in [0.25, 0.3) is 0 Å². The third kappa shape index (κ3) is 3.93. The van der Waals surface area contributed by atoms with Crippen LogP contribution >= 0.6 is 0 Å². The summed E-state index contributed by atoms with van der Waals surface area (Å²) in [6.45, 7) is 9.38. The topological polar surface area (TPSA) is 24.5 Å². The van der Waals surface area contributed by atoms with Gasteiger partial charge in [-0.05, 0) is 38.0 Å². The van der Waals surface area contributed by atoms with Gasteiger partial charge in [-0.1, -0.05) is 20.8 Å². The van der Waals surface area contributed by atoms with Gasteiger partial charge in [0.15, 0.2) is 0 Å². The van der Waals surface area contributed by atoms with E-state index in [9.17, 15) is 0 Å². The number of nitrogens with zero attached hydrogens (tertiary/aromatic N) is 1. The molecule has 2 aliphatic rings. The molecule has 19 heavy (non-hydrogen) atoms. The zero-order valence-corrected chi connectivity index (χ0v) is 13.2. The zero-order chi connectivity index (χ0) is 13.8. The third-order valence-corrected chi connectivity index (χ3v) is 4.93. The average molecular weight is 268 g/mol. The van der Waals surface area contributed by atoms with E-state index in [2.05, 4.69) is 31.0 Å². The van der Waals surface area contributed by atoms with Crippen molar-refractivity contribution in [2.24, 2.45) is 5.92 Å². The molecule has 3 nitrogen and oxygen atoms in total. The van der Waals surface area contributed by atoms with E-state index in [1.54, 1.807) is 0 Å². The minimum atomic E-state index is 0.501. The normalized spacial score (nSPS) is 37.1. The van der Waals surface area contributed by atoms with Gasteiger partial charge in [0, 0.05) is 38.3 Å². The molecular formula is C16H32N2O. The van der Waals surface area contributed by atoms with Crippen molar-refractivity contribution in [3.8, 4) is 0 Å². The first kappa shape index (κ1) is 15.3. The Labute approximate surface area is 119 Å². The van der Waals surface area contributed by atoms with E-state index >= 15 is 0 Å². The fourth-order valence-electron chi connectivity index (χ4n) is 3.87. The first-order valence-corrected chi connectivity index (χ1v) is 8.15. The Morgan fingerprint density at radius 3 is 2.68 bits per heavy atom. The van der Waals surface area contributed by atoms with Crippen molar-refractivity contribution in [2.45, 2.75) is 77.1 Å². The molecule has 4 atom stereocenters. The Kier molecular flexibility index (Phi) is 5.67. The Morgan fingerprint density at radius 1 is 1.32 bits per heavy atom. The van der Waals surface area contributed by atoms with Crippen molar-refractivity contribution < 1.29 is 4.74 Å². The van der Waals surface area contributed by atoms with Crippen LogP contribution in [0.2, 0.25) is 0 Å². The summed E-state index contributed by atoms with van der Waals surface area (Å²) in [4.78, 5) is 2.79. The molecule has 0 radical (unpaired) electrons. The van der Waals surface area contributed by atoms with Gasteiger partial charge in [-0.15, -0.1) is 0 Å². The summed E-state index contributed by atoms with van der Waals surface area (Å²) < 4.78 is 5.55. The zero-order valence-electron chi connectivity index (χ0n) is 13.2. The molecule has 0 aromatic rings. The van der Waals surface area contributed by atoms with Gasteiger partial charge in [-0.25, -0.2) is 0 Å². The quantitative estimate of drug-likeness (QED) is 0.829. The minimum Gasteiger partial charge on any atom is -0.381 e. The predicted molar refractivity (Wildman–Crippen MR) is 80.5 cm³/mol. The van der Waals surface area contributed by atoms with Gasteiger partial charge in [0.2, 0.25) is 0 Å². The van der Waals surface area contributed by atoms with Crippen LogP contribution in [0, 0.1) is 5.92 Å². The third-order valence-electron chi connectivity index (χ3n) is 4.93. The lowest BCUT2D eigenvalue weighted by molar-refractivity contribution is 0.0578. The van der Waals surface area contributed by atoms with E-state index < -0.39 is 0 Å². The first-order chi connectivity index (χ1) is 9.13. The highest BCUT2D eigenvalue weighted by Crippen LogP contribution is 2.30. The van der Waals surface area contributed by atoms with E-state index in [0.717, 1.165) is 18.0 Å². The second-order valence-electron chi connectivity index (χ2n) is 6.82. The summed E-state index contributed by atoms with van der Waals surface area (Å²) in [5.41, 5.74) is 0. The molecule has 1 aliphatic heterocycles. The second kappa shape index (κ2) is 7.05. The van der Waals surface area contributed by atoms with Crippen molar-refractivity contribution in [3.63, 3.8) is 0 Å². The summed E-state index contributed by atoms with van der Waals surface area (Å²) in [7, 11) is 1.86. The molecule has 0 spiro atoms. The molecule has 3 heteroatoms. The van der Waals surface area contributed by atoms with E-state index in [4.69, 9.17) is 4.74 Å². The summed E-state index contributed by atoms with van der Waals surface area (Å²) in [6.07, 6.45) is 6.87. The van der Waals surface area contributed by atoms with E-state index in [1.165, 1.54) is 45.2 Å². The molecule has 0 aromatic heterocycles. The average Bonchev–Trinajstić information content (AvgIpc) is 2.86. The molecular weight excluding hydrogens is 236 g/mol. The summed E-state index contributed by atoms with van der Waals surface area (Å²) in [5.74, 6) is 0.785. The van der Waals surface area contributed by atoms with Gasteiger partial charge in [0.05, 0.1) is 6.10 Å². The van der Waals surface area contributed by atoms with Crippen LogP contribution in [-0.2, 0) is 4.74 Å². The van der Waals surface area contributed by atoms with Crippen LogP contribution in [0.4, 0.5) is 0 Å². The molecule has 2 rings (SSSR count). The maximum Gasteiger partial charge on any atom is 0.0586 e. The fraction of sp³-hybridized carbons (Fsp3) is 1.00. The Hall–Kier alpha value is -0.120. The molecule has 1 saturated heterocycles. The van der Waals surface area contributed by atoms with Gasteiger partial charge < -0.3 is 10.1 Å². The number of hydrogen-bond acceptors (Lipinski definition) is 3. The van der Waals surface area contributed by atoms with Gasteiger partial charge in [0.25, 0.3) is 0 Å². The summed E-state index contributed by atoms with van der Waals surface area (Å²) >= 11 is 0. The molecule has 112 valence electrons. The fourth-order valence-corrected chi connectivity index (χ4v) is 3.87. The summed E-state index contributed by atoms with van der Waals surface area (Å²) in [6, 6.07) is 2.17. The van der Waals surface area contributed by atoms with E-state index in [0.29, 0.717) is 12.1 Å². The SMILES string of the molecule is CCC1CNC(CC(C)C)CN1C1CCC(OC)C1. The second-order valence-corrected chi connectivity index (χ2v) is 6.82. The van der Waals surface area contributed by atoms with Gasteiger partial charge in [-0.3, -0.25) is 4.90 Å². The van der Waals surface area contributed by atoms with E-state index in [-0.39, 0.29) is 0 Å². The minimum absolute atomic E-state index is 0.501. The smallest absolute Gasteiger partial charge is 0.0586 e. The van der Waals surface area contributed by atoms with Crippen LogP contribution in [0.5, 0.6) is 0 Å². The molecule has 1 aliphatic carbocycles. The lowest BCUT2D eigenvalue weighted by atomic mass is 9.97. The maximum atomic E-state index is 5.55. The molecule has 0 bridgehead atoms. The number of piperazine rings is 1. The van der Waals surface area contributed by atoms with Crippen molar-refractivity contribution in [3.05, 3.63) is 0 Å². The molecule has 1 heterocycles. The lowest BCUT2D eigenvalue weighted by Gasteiger charge is -2.44. The van der Waals surface area contributed by atoms with Crippen LogP contribution in [-0.4, -0.2) is 49.3 Å². The molecule has 0 aromatic carbocycles. The van der Waals surface area contributed by atoms with Crippen molar-refractivity contribution in [1.82, 2.24) is 10.2 Å². The van der Waals surface area contributed by atoms with Crippen LogP contribution in [0.3, 0.4) is 0 Å². The van der Waals surface area contributed by atoms with Gasteiger partial charge in [0.1, 0.15) is 0 Å². The maximum absolute atomic E-state index is 5.55. The van der Waals surface area contributed by atoms with Crippen LogP contribution in [0.1, 0.15) is 52.9 Å².